The second-order valence-corrected chi connectivity index (χ2v) is 8.22. The first-order valence-corrected chi connectivity index (χ1v) is 10.7. The molecule has 3 rings (SSSR count). The number of benzene rings is 1. The number of carbonyl (C=O) groups excluding carboxylic acids is 2. The maximum absolute atomic E-state index is 12.2. The number of halogens is 1. The number of anilines is 1. The van der Waals surface area contributed by atoms with Crippen molar-refractivity contribution in [3.63, 3.8) is 0 Å². The maximum atomic E-state index is 12.2. The number of hydrogen-bond donors (Lipinski definition) is 2. The van der Waals surface area contributed by atoms with Gasteiger partial charge in [-0.15, -0.1) is 10.2 Å². The molecule has 1 aliphatic heterocycles. The van der Waals surface area contributed by atoms with E-state index < -0.39 is 0 Å². The van der Waals surface area contributed by atoms with Crippen molar-refractivity contribution in [2.75, 3.05) is 31.5 Å². The van der Waals surface area contributed by atoms with Crippen LogP contribution in [0.15, 0.2) is 24.3 Å². The SMILES string of the molecule is O=C(CCc1nnc(C(=O)Nc2cccc(Cl)c2)s1)NCCN1CCCCC1. The van der Waals surface area contributed by atoms with Crippen molar-refractivity contribution < 1.29 is 9.59 Å². The third kappa shape index (κ3) is 6.54. The first-order chi connectivity index (χ1) is 13.6. The van der Waals surface area contributed by atoms with Crippen molar-refractivity contribution in [2.24, 2.45) is 0 Å². The molecule has 0 radical (unpaired) electrons. The molecule has 1 saturated heterocycles. The first-order valence-electron chi connectivity index (χ1n) is 9.48. The zero-order chi connectivity index (χ0) is 19.8. The number of aromatic nitrogens is 2. The Balaban J connectivity index is 1.39. The van der Waals surface area contributed by atoms with Gasteiger partial charge in [-0.05, 0) is 44.1 Å². The molecule has 2 aromatic rings. The zero-order valence-electron chi connectivity index (χ0n) is 15.6. The van der Waals surface area contributed by atoms with E-state index in [0.717, 1.165) is 19.6 Å². The molecule has 9 heteroatoms. The Morgan fingerprint density at radius 1 is 1.18 bits per heavy atom. The Bertz CT molecular complexity index is 807. The smallest absolute Gasteiger partial charge is 0.286 e. The third-order valence-corrected chi connectivity index (χ3v) is 5.73. The van der Waals surface area contributed by atoms with Gasteiger partial charge >= 0.3 is 0 Å². The van der Waals surface area contributed by atoms with Gasteiger partial charge in [0.2, 0.25) is 10.9 Å². The van der Waals surface area contributed by atoms with E-state index in [1.165, 1.54) is 30.6 Å². The van der Waals surface area contributed by atoms with Gasteiger partial charge in [-0.25, -0.2) is 0 Å². The van der Waals surface area contributed by atoms with Gasteiger partial charge in [0.05, 0.1) is 0 Å². The first kappa shape index (κ1) is 20.7. The van der Waals surface area contributed by atoms with Gasteiger partial charge in [-0.1, -0.05) is 35.4 Å². The van der Waals surface area contributed by atoms with Crippen LogP contribution in [0.3, 0.4) is 0 Å². The Morgan fingerprint density at radius 2 is 2.00 bits per heavy atom. The molecule has 0 bridgehead atoms. The number of nitrogens with one attached hydrogen (secondary N) is 2. The van der Waals surface area contributed by atoms with Crippen LogP contribution in [0.25, 0.3) is 0 Å². The van der Waals surface area contributed by atoms with Gasteiger partial charge in [0.25, 0.3) is 5.91 Å². The van der Waals surface area contributed by atoms with E-state index in [1.807, 2.05) is 0 Å². The molecule has 150 valence electrons. The largest absolute Gasteiger partial charge is 0.355 e. The van der Waals surface area contributed by atoms with Crippen LogP contribution in [-0.4, -0.2) is 53.1 Å². The predicted octanol–water partition coefficient (Wildman–Crippen LogP) is 2.98. The number of piperidine rings is 1. The number of aryl methyl sites for hydroxylation is 1. The molecular weight excluding hydrogens is 398 g/mol. The van der Waals surface area contributed by atoms with E-state index in [2.05, 4.69) is 25.7 Å². The lowest BCUT2D eigenvalue weighted by Gasteiger charge is -2.26. The molecule has 0 unspecified atom stereocenters. The summed E-state index contributed by atoms with van der Waals surface area (Å²) < 4.78 is 0. The Labute approximate surface area is 173 Å². The molecule has 1 aromatic carbocycles. The van der Waals surface area contributed by atoms with Crippen molar-refractivity contribution in [3.8, 4) is 0 Å². The lowest BCUT2D eigenvalue weighted by Crippen LogP contribution is -2.37. The van der Waals surface area contributed by atoms with Crippen LogP contribution < -0.4 is 10.6 Å². The lowest BCUT2D eigenvalue weighted by molar-refractivity contribution is -0.121. The molecule has 7 nitrogen and oxygen atoms in total. The molecule has 1 aromatic heterocycles. The second kappa shape index (κ2) is 10.5. The van der Waals surface area contributed by atoms with E-state index in [-0.39, 0.29) is 16.8 Å². The van der Waals surface area contributed by atoms with Gasteiger partial charge in [0, 0.05) is 36.6 Å². The van der Waals surface area contributed by atoms with Gasteiger partial charge in [0.1, 0.15) is 5.01 Å². The minimum absolute atomic E-state index is 0.00265. The van der Waals surface area contributed by atoms with Crippen LogP contribution >= 0.6 is 22.9 Å². The highest BCUT2D eigenvalue weighted by Gasteiger charge is 2.14. The average Bonchev–Trinajstić information content (AvgIpc) is 3.16. The fourth-order valence-electron chi connectivity index (χ4n) is 3.04. The summed E-state index contributed by atoms with van der Waals surface area (Å²) in [7, 11) is 0. The van der Waals surface area contributed by atoms with Gasteiger partial charge in [-0.3, -0.25) is 9.59 Å². The summed E-state index contributed by atoms with van der Waals surface area (Å²) in [5.41, 5.74) is 0.599. The van der Waals surface area contributed by atoms with Crippen LogP contribution in [0.4, 0.5) is 5.69 Å². The van der Waals surface area contributed by atoms with E-state index in [9.17, 15) is 9.59 Å². The van der Waals surface area contributed by atoms with Crippen molar-refractivity contribution >= 4 is 40.4 Å². The minimum atomic E-state index is -0.336. The van der Waals surface area contributed by atoms with Crippen molar-refractivity contribution in [1.29, 1.82) is 0 Å². The molecule has 28 heavy (non-hydrogen) atoms. The topological polar surface area (TPSA) is 87.2 Å². The minimum Gasteiger partial charge on any atom is -0.355 e. The highest BCUT2D eigenvalue weighted by atomic mass is 35.5. The molecule has 1 aliphatic rings. The van der Waals surface area contributed by atoms with Crippen LogP contribution in [0.1, 0.15) is 40.5 Å². The highest BCUT2D eigenvalue weighted by molar-refractivity contribution is 7.13. The Hall–Kier alpha value is -2.03. The van der Waals surface area contributed by atoms with Crippen LogP contribution in [0.5, 0.6) is 0 Å². The second-order valence-electron chi connectivity index (χ2n) is 6.72. The quantitative estimate of drug-likeness (QED) is 0.684. The number of amides is 2. The number of likely N-dealkylation sites (tertiary alicyclic amines) is 1. The van der Waals surface area contributed by atoms with Crippen molar-refractivity contribution in [1.82, 2.24) is 20.4 Å². The van der Waals surface area contributed by atoms with Gasteiger partial charge in [-0.2, -0.15) is 0 Å². The number of nitrogens with zero attached hydrogens (tertiary/aromatic N) is 3. The van der Waals surface area contributed by atoms with Gasteiger partial charge < -0.3 is 15.5 Å². The summed E-state index contributed by atoms with van der Waals surface area (Å²) in [6.07, 6.45) is 4.61. The van der Waals surface area contributed by atoms with Crippen LogP contribution in [0, 0.1) is 0 Å². The molecular formula is C19H24ClN5O2S. The molecule has 2 N–H and O–H groups in total. The summed E-state index contributed by atoms with van der Waals surface area (Å²) in [6.45, 7) is 3.82. The third-order valence-electron chi connectivity index (χ3n) is 4.51. The van der Waals surface area contributed by atoms with E-state index >= 15 is 0 Å². The summed E-state index contributed by atoms with van der Waals surface area (Å²) in [5.74, 6) is -0.339. The van der Waals surface area contributed by atoms with Gasteiger partial charge in [0.15, 0.2) is 0 Å². The maximum Gasteiger partial charge on any atom is 0.286 e. The fourth-order valence-corrected chi connectivity index (χ4v) is 3.97. The number of hydrogen-bond acceptors (Lipinski definition) is 6. The Kier molecular flexibility index (Phi) is 7.76. The normalized spacial score (nSPS) is 14.6. The summed E-state index contributed by atoms with van der Waals surface area (Å²) >= 11 is 7.11. The summed E-state index contributed by atoms with van der Waals surface area (Å²) in [6, 6.07) is 6.90. The van der Waals surface area contributed by atoms with Crippen molar-refractivity contribution in [3.05, 3.63) is 39.3 Å². The lowest BCUT2D eigenvalue weighted by atomic mass is 10.1. The van der Waals surface area contributed by atoms with E-state index in [0.29, 0.717) is 35.1 Å². The zero-order valence-corrected chi connectivity index (χ0v) is 17.2. The Morgan fingerprint density at radius 3 is 2.79 bits per heavy atom. The molecule has 2 amide bonds. The van der Waals surface area contributed by atoms with E-state index in [4.69, 9.17) is 11.6 Å². The van der Waals surface area contributed by atoms with Crippen LogP contribution in [-0.2, 0) is 11.2 Å². The molecule has 0 saturated carbocycles. The fraction of sp³-hybridized carbons (Fsp3) is 0.474. The molecule has 2 heterocycles. The van der Waals surface area contributed by atoms with Crippen LogP contribution in [0.2, 0.25) is 5.02 Å². The van der Waals surface area contributed by atoms with Crippen molar-refractivity contribution in [2.45, 2.75) is 32.1 Å². The predicted molar refractivity (Wildman–Crippen MR) is 111 cm³/mol. The molecule has 1 fully saturated rings. The highest BCUT2D eigenvalue weighted by Crippen LogP contribution is 2.17. The number of rotatable bonds is 8. The molecule has 0 aliphatic carbocycles. The monoisotopic (exact) mass is 421 g/mol. The molecule has 0 atom stereocenters. The molecule has 0 spiro atoms. The average molecular weight is 422 g/mol. The summed E-state index contributed by atoms with van der Waals surface area (Å²) in [4.78, 5) is 26.6. The number of carbonyl (C=O) groups is 2. The van der Waals surface area contributed by atoms with E-state index in [1.54, 1.807) is 24.3 Å². The summed E-state index contributed by atoms with van der Waals surface area (Å²) in [5, 5.41) is 15.1. The standard InChI is InChI=1S/C19H24ClN5O2S/c20-14-5-4-6-15(13-14)22-18(27)19-24-23-17(28-19)8-7-16(26)21-9-12-25-10-2-1-3-11-25/h4-6,13H,1-3,7-12H2,(H,21,26)(H,22,27).